The third-order valence-corrected chi connectivity index (χ3v) is 8.25. The number of pyridine rings is 1. The number of amides is 1. The summed E-state index contributed by atoms with van der Waals surface area (Å²) >= 11 is 0. The van der Waals surface area contributed by atoms with E-state index in [1.165, 1.54) is 0 Å². The second kappa shape index (κ2) is 8.53. The maximum atomic E-state index is 13.3. The zero-order valence-electron chi connectivity index (χ0n) is 18.9. The van der Waals surface area contributed by atoms with E-state index in [1.807, 2.05) is 44.2 Å². The second-order valence-electron chi connectivity index (χ2n) is 9.05. The second-order valence-corrected chi connectivity index (χ2v) is 11.3. The number of nitrogens with one attached hydrogen (secondary N) is 1. The minimum Gasteiger partial charge on any atom is -0.376 e. The van der Waals surface area contributed by atoms with Crippen molar-refractivity contribution in [2.45, 2.75) is 45.3 Å². The molecule has 0 radical (unpaired) electrons. The summed E-state index contributed by atoms with van der Waals surface area (Å²) in [5, 5.41) is 8.33. The number of fused-ring (bicyclic) bond motifs is 1. The molecule has 0 spiro atoms. The molecule has 2 saturated heterocycles. The molecular weight excluding hydrogens is 440 g/mol. The van der Waals surface area contributed by atoms with Crippen molar-refractivity contribution in [2.24, 2.45) is 0 Å². The van der Waals surface area contributed by atoms with Gasteiger partial charge in [0.25, 0.3) is 5.91 Å². The van der Waals surface area contributed by atoms with Crippen LogP contribution in [-0.2, 0) is 14.6 Å². The fourth-order valence-corrected chi connectivity index (χ4v) is 6.39. The standard InChI is InChI=1S/C24H28N4O4S/c1-15-5-7-17(8-6-15)21-12-20(24(29)25-13-19-4-3-10-32-19)22-16(2)27-28(23(22)26-21)18-9-11-33(30,31)14-18/h5-8,12,18-19H,3-4,9-11,13-14H2,1-2H3,(H,25,29)/t18-,19-/m0/s1. The Balaban J connectivity index is 1.60. The first kappa shape index (κ1) is 22.0. The molecule has 0 unspecified atom stereocenters. The molecule has 2 aromatic heterocycles. The van der Waals surface area contributed by atoms with Gasteiger partial charge in [-0.15, -0.1) is 0 Å². The molecule has 0 saturated carbocycles. The quantitative estimate of drug-likeness (QED) is 0.618. The van der Waals surface area contributed by atoms with Crippen LogP contribution in [0.15, 0.2) is 30.3 Å². The van der Waals surface area contributed by atoms with Gasteiger partial charge >= 0.3 is 0 Å². The Morgan fingerprint density at radius 1 is 1.21 bits per heavy atom. The van der Waals surface area contributed by atoms with Crippen LogP contribution < -0.4 is 5.32 Å². The molecule has 1 aromatic carbocycles. The number of rotatable bonds is 5. The molecule has 9 heteroatoms. The molecule has 5 rings (SSSR count). The van der Waals surface area contributed by atoms with E-state index < -0.39 is 9.84 Å². The zero-order valence-corrected chi connectivity index (χ0v) is 19.7. The monoisotopic (exact) mass is 468 g/mol. The van der Waals surface area contributed by atoms with Crippen molar-refractivity contribution in [3.8, 4) is 11.3 Å². The van der Waals surface area contributed by atoms with Gasteiger partial charge in [0.15, 0.2) is 15.5 Å². The molecule has 0 aliphatic carbocycles. The third-order valence-electron chi connectivity index (χ3n) is 6.50. The average molecular weight is 469 g/mol. The molecule has 33 heavy (non-hydrogen) atoms. The largest absolute Gasteiger partial charge is 0.376 e. The molecule has 1 N–H and O–H groups in total. The predicted octanol–water partition coefficient (Wildman–Crippen LogP) is 2.98. The minimum atomic E-state index is -3.10. The highest BCUT2D eigenvalue weighted by atomic mass is 32.2. The van der Waals surface area contributed by atoms with Crippen LogP contribution in [-0.4, -0.2) is 59.9 Å². The summed E-state index contributed by atoms with van der Waals surface area (Å²) in [4.78, 5) is 18.2. The number of ether oxygens (including phenoxy) is 1. The average Bonchev–Trinajstić information content (AvgIpc) is 3.51. The van der Waals surface area contributed by atoms with Crippen molar-refractivity contribution in [2.75, 3.05) is 24.7 Å². The topological polar surface area (TPSA) is 103 Å². The van der Waals surface area contributed by atoms with E-state index in [0.717, 1.165) is 30.6 Å². The molecule has 3 aromatic rings. The summed E-state index contributed by atoms with van der Waals surface area (Å²) in [6.45, 7) is 5.04. The lowest BCUT2D eigenvalue weighted by Gasteiger charge is -2.14. The van der Waals surface area contributed by atoms with Crippen molar-refractivity contribution in [3.05, 3.63) is 47.2 Å². The molecule has 2 aliphatic heterocycles. The molecule has 174 valence electrons. The van der Waals surface area contributed by atoms with Gasteiger partial charge in [0.1, 0.15) is 0 Å². The fourth-order valence-electron chi connectivity index (χ4n) is 4.69. The number of benzene rings is 1. The van der Waals surface area contributed by atoms with Crippen molar-refractivity contribution in [1.82, 2.24) is 20.1 Å². The summed E-state index contributed by atoms with van der Waals surface area (Å²) < 4.78 is 31.6. The number of nitrogens with zero attached hydrogens (tertiary/aromatic N) is 3. The fraction of sp³-hybridized carbons (Fsp3) is 0.458. The van der Waals surface area contributed by atoms with Crippen LogP contribution in [0, 0.1) is 13.8 Å². The van der Waals surface area contributed by atoms with Crippen LogP contribution in [0.25, 0.3) is 22.3 Å². The Bertz CT molecular complexity index is 1310. The summed E-state index contributed by atoms with van der Waals surface area (Å²) in [5.74, 6) is -0.0158. The molecule has 2 atom stereocenters. The van der Waals surface area contributed by atoms with E-state index in [1.54, 1.807) is 4.68 Å². The maximum absolute atomic E-state index is 13.3. The lowest BCUT2D eigenvalue weighted by molar-refractivity contribution is 0.0859. The van der Waals surface area contributed by atoms with Crippen molar-refractivity contribution >= 4 is 26.8 Å². The first-order valence-electron chi connectivity index (χ1n) is 11.4. The molecule has 0 bridgehead atoms. The van der Waals surface area contributed by atoms with Crippen molar-refractivity contribution < 1.29 is 17.9 Å². The number of carbonyl (C=O) groups excluding carboxylic acids is 1. The van der Waals surface area contributed by atoms with E-state index in [2.05, 4.69) is 10.4 Å². The van der Waals surface area contributed by atoms with Gasteiger partial charge in [-0.2, -0.15) is 5.10 Å². The number of aryl methyl sites for hydroxylation is 2. The highest BCUT2D eigenvalue weighted by Crippen LogP contribution is 2.32. The van der Waals surface area contributed by atoms with E-state index >= 15 is 0 Å². The molecule has 4 heterocycles. The van der Waals surface area contributed by atoms with Gasteiger partial charge in [-0.3, -0.25) is 4.79 Å². The SMILES string of the molecule is Cc1ccc(-c2cc(C(=O)NC[C@@H]3CCCO3)c3c(C)nn([C@H]4CCS(=O)(=O)C4)c3n2)cc1. The number of hydrogen-bond acceptors (Lipinski definition) is 6. The summed E-state index contributed by atoms with van der Waals surface area (Å²) in [7, 11) is -3.10. The van der Waals surface area contributed by atoms with E-state index in [0.29, 0.717) is 41.0 Å². The zero-order chi connectivity index (χ0) is 23.2. The number of aromatic nitrogens is 3. The summed E-state index contributed by atoms with van der Waals surface area (Å²) in [5.41, 5.74) is 4.39. The van der Waals surface area contributed by atoms with Gasteiger partial charge in [0, 0.05) is 18.7 Å². The highest BCUT2D eigenvalue weighted by Gasteiger charge is 2.32. The van der Waals surface area contributed by atoms with Gasteiger partial charge < -0.3 is 10.1 Å². The maximum Gasteiger partial charge on any atom is 0.252 e. The number of hydrogen-bond donors (Lipinski definition) is 1. The van der Waals surface area contributed by atoms with Gasteiger partial charge in [-0.05, 0) is 39.2 Å². The first-order chi connectivity index (χ1) is 15.8. The van der Waals surface area contributed by atoms with Crippen LogP contribution in [0.1, 0.15) is 46.9 Å². The van der Waals surface area contributed by atoms with Crippen LogP contribution >= 0.6 is 0 Å². The Morgan fingerprint density at radius 2 is 2.00 bits per heavy atom. The molecule has 2 aliphatic rings. The smallest absolute Gasteiger partial charge is 0.252 e. The van der Waals surface area contributed by atoms with Gasteiger partial charge in [-0.1, -0.05) is 29.8 Å². The molecule has 1 amide bonds. The van der Waals surface area contributed by atoms with Crippen molar-refractivity contribution in [1.29, 1.82) is 0 Å². The summed E-state index contributed by atoms with van der Waals surface area (Å²) in [6.07, 6.45) is 2.48. The minimum absolute atomic E-state index is 0.0374. The normalized spacial score (nSPS) is 22.1. The van der Waals surface area contributed by atoms with Crippen LogP contribution in [0.4, 0.5) is 0 Å². The lowest BCUT2D eigenvalue weighted by Crippen LogP contribution is -2.32. The molecular formula is C24H28N4O4S. The van der Waals surface area contributed by atoms with Gasteiger partial charge in [-0.25, -0.2) is 18.1 Å². The molecule has 8 nitrogen and oxygen atoms in total. The van der Waals surface area contributed by atoms with Crippen molar-refractivity contribution in [3.63, 3.8) is 0 Å². The van der Waals surface area contributed by atoms with E-state index in [4.69, 9.17) is 9.72 Å². The Kier molecular flexibility index (Phi) is 5.70. The lowest BCUT2D eigenvalue weighted by atomic mass is 10.0. The highest BCUT2D eigenvalue weighted by molar-refractivity contribution is 7.91. The number of carbonyl (C=O) groups is 1. The van der Waals surface area contributed by atoms with Crippen LogP contribution in [0.2, 0.25) is 0 Å². The Labute approximate surface area is 193 Å². The van der Waals surface area contributed by atoms with Crippen LogP contribution in [0.5, 0.6) is 0 Å². The number of sulfone groups is 1. The Morgan fingerprint density at radius 3 is 2.67 bits per heavy atom. The van der Waals surface area contributed by atoms with Gasteiger partial charge in [0.05, 0.1) is 46.0 Å². The first-order valence-corrected chi connectivity index (χ1v) is 13.2. The Hall–Kier alpha value is -2.78. The third kappa shape index (κ3) is 4.39. The van der Waals surface area contributed by atoms with E-state index in [9.17, 15) is 13.2 Å². The van der Waals surface area contributed by atoms with Gasteiger partial charge in [0.2, 0.25) is 0 Å². The molecule has 2 fully saturated rings. The predicted molar refractivity (Wildman–Crippen MR) is 126 cm³/mol. The summed E-state index contributed by atoms with van der Waals surface area (Å²) in [6, 6.07) is 9.49. The van der Waals surface area contributed by atoms with E-state index in [-0.39, 0.29) is 29.6 Å². The van der Waals surface area contributed by atoms with Crippen LogP contribution in [0.3, 0.4) is 0 Å².